The standard InChI is InChI=1S/C19H22N6O6S.C4H11N3/c1-31-10-17(29)21-5-4-15(27)24-13(9-26)19(30)22-8-16(28)23-11-2-3-12-14(6-11)32-18(7-20)25-12;1-2-3-7-4(5)6/h2-3,6,13,26H,4-5,8-10H2,1H3,(H,21,29)(H,22,30)(H,23,28)(H,24,27);2-3H2,1H3,(H4,5,6,7). The maximum Gasteiger partial charge on any atom is 0.245 e. The minimum absolute atomic E-state index is 0.0379. The number of benzene rings is 1. The molecule has 0 saturated heterocycles. The van der Waals surface area contributed by atoms with Crippen LogP contribution in [0.4, 0.5) is 5.69 Å². The number of carbonyl (C=O) groups is 4. The summed E-state index contributed by atoms with van der Waals surface area (Å²) in [6, 6.07) is 5.65. The van der Waals surface area contributed by atoms with Crippen LogP contribution in [0, 0.1) is 11.3 Å². The van der Waals surface area contributed by atoms with E-state index in [2.05, 4.69) is 36.0 Å². The third-order valence-electron chi connectivity index (χ3n) is 4.49. The number of hydrogen-bond acceptors (Lipinski definition) is 10. The topological polar surface area (TPSA) is 247 Å². The Balaban J connectivity index is 0.000000956. The van der Waals surface area contributed by atoms with Crippen molar-refractivity contribution in [2.45, 2.75) is 25.8 Å². The van der Waals surface area contributed by atoms with Gasteiger partial charge in [0.2, 0.25) is 23.6 Å². The third-order valence-corrected chi connectivity index (χ3v) is 5.42. The van der Waals surface area contributed by atoms with E-state index in [9.17, 15) is 24.3 Å². The summed E-state index contributed by atoms with van der Waals surface area (Å²) in [6.07, 6.45) is 0.894. The van der Waals surface area contributed by atoms with Gasteiger partial charge in [0.25, 0.3) is 0 Å². The van der Waals surface area contributed by atoms with E-state index in [0.717, 1.165) is 17.7 Å². The van der Waals surface area contributed by atoms with Crippen molar-refractivity contribution >= 4 is 56.8 Å². The number of fused-ring (bicyclic) bond motifs is 1. The molecule has 1 aromatic heterocycles. The highest BCUT2D eigenvalue weighted by Gasteiger charge is 2.20. The van der Waals surface area contributed by atoms with Crippen LogP contribution in [0.2, 0.25) is 0 Å². The van der Waals surface area contributed by atoms with Crippen molar-refractivity contribution < 1.29 is 29.0 Å². The number of nitrogens with zero attached hydrogens (tertiary/aromatic N) is 3. The smallest absolute Gasteiger partial charge is 0.245 e. The molecule has 0 aliphatic carbocycles. The SMILES string of the molecule is CCCN=C(N)N.COCC(=O)NCCC(=O)NC(CO)C(=O)NCC(=O)Nc1ccc2nc(C#N)sc2c1. The molecular formula is C23H33N9O6S. The number of aliphatic hydroxyl groups is 1. The number of amides is 4. The first-order chi connectivity index (χ1) is 18.6. The zero-order valence-corrected chi connectivity index (χ0v) is 22.5. The van der Waals surface area contributed by atoms with Crippen molar-refractivity contribution in [3.63, 3.8) is 0 Å². The molecule has 0 radical (unpaired) electrons. The molecule has 15 nitrogen and oxygen atoms in total. The van der Waals surface area contributed by atoms with Gasteiger partial charge in [-0.3, -0.25) is 24.2 Å². The molecule has 0 fully saturated rings. The Morgan fingerprint density at radius 2 is 1.95 bits per heavy atom. The van der Waals surface area contributed by atoms with Gasteiger partial charge in [-0.25, -0.2) is 4.98 Å². The van der Waals surface area contributed by atoms with Crippen LogP contribution in [-0.2, 0) is 23.9 Å². The van der Waals surface area contributed by atoms with Gasteiger partial charge in [-0.1, -0.05) is 6.92 Å². The lowest BCUT2D eigenvalue weighted by Crippen LogP contribution is -2.50. The third kappa shape index (κ3) is 13.2. The number of carbonyl (C=O) groups excluding carboxylic acids is 4. The van der Waals surface area contributed by atoms with Crippen LogP contribution in [0.15, 0.2) is 23.2 Å². The molecule has 0 spiro atoms. The second-order valence-electron chi connectivity index (χ2n) is 7.72. The fraction of sp³-hybridized carbons (Fsp3) is 0.435. The number of hydrogen-bond donors (Lipinski definition) is 7. The number of aliphatic imine (C=N–C) groups is 1. The molecule has 0 saturated carbocycles. The molecule has 16 heteroatoms. The minimum Gasteiger partial charge on any atom is -0.394 e. The van der Waals surface area contributed by atoms with Crippen molar-refractivity contribution in [1.82, 2.24) is 20.9 Å². The average molecular weight is 564 g/mol. The Kier molecular flexibility index (Phi) is 15.1. The van der Waals surface area contributed by atoms with Crippen LogP contribution < -0.4 is 32.7 Å². The quantitative estimate of drug-likeness (QED) is 0.110. The largest absolute Gasteiger partial charge is 0.394 e. The molecule has 0 bridgehead atoms. The highest BCUT2D eigenvalue weighted by Crippen LogP contribution is 2.24. The predicted octanol–water partition coefficient (Wildman–Crippen LogP) is -1.48. The number of methoxy groups -OCH3 is 1. The van der Waals surface area contributed by atoms with Crippen LogP contribution in [0.3, 0.4) is 0 Å². The molecule has 4 amide bonds. The molecule has 212 valence electrons. The van der Waals surface area contributed by atoms with Gasteiger partial charge < -0.3 is 42.6 Å². The van der Waals surface area contributed by atoms with Crippen LogP contribution >= 0.6 is 11.3 Å². The summed E-state index contributed by atoms with van der Waals surface area (Å²) >= 11 is 1.19. The molecule has 1 aromatic carbocycles. The van der Waals surface area contributed by atoms with E-state index in [1.807, 2.05) is 13.0 Å². The van der Waals surface area contributed by atoms with E-state index in [4.69, 9.17) is 16.7 Å². The summed E-state index contributed by atoms with van der Waals surface area (Å²) in [7, 11) is 1.36. The van der Waals surface area contributed by atoms with E-state index in [1.54, 1.807) is 18.2 Å². The van der Waals surface area contributed by atoms with Crippen molar-refractivity contribution in [1.29, 1.82) is 5.26 Å². The van der Waals surface area contributed by atoms with E-state index in [1.165, 1.54) is 18.4 Å². The minimum atomic E-state index is -1.25. The molecule has 2 rings (SSSR count). The Morgan fingerprint density at radius 3 is 2.54 bits per heavy atom. The van der Waals surface area contributed by atoms with Gasteiger partial charge in [0.05, 0.1) is 23.4 Å². The molecular weight excluding hydrogens is 530 g/mol. The van der Waals surface area contributed by atoms with Crippen molar-refractivity contribution in [3.05, 3.63) is 23.2 Å². The molecule has 2 aromatic rings. The molecule has 9 N–H and O–H groups in total. The molecule has 1 atom stereocenters. The molecule has 1 unspecified atom stereocenters. The lowest BCUT2D eigenvalue weighted by Gasteiger charge is -2.16. The maximum atomic E-state index is 12.2. The van der Waals surface area contributed by atoms with Gasteiger partial charge in [0, 0.05) is 32.3 Å². The number of anilines is 1. The van der Waals surface area contributed by atoms with E-state index in [-0.39, 0.29) is 38.0 Å². The predicted molar refractivity (Wildman–Crippen MR) is 145 cm³/mol. The van der Waals surface area contributed by atoms with Gasteiger partial charge in [0.1, 0.15) is 18.7 Å². The number of aliphatic hydroxyl groups excluding tert-OH is 1. The zero-order valence-electron chi connectivity index (χ0n) is 21.7. The maximum absolute atomic E-state index is 12.2. The number of guanidine groups is 1. The Labute approximate surface area is 229 Å². The second kappa shape index (κ2) is 18.0. The molecule has 0 aliphatic rings. The summed E-state index contributed by atoms with van der Waals surface area (Å²) in [5.74, 6) is -2.02. The normalized spacial score (nSPS) is 10.7. The average Bonchev–Trinajstić information content (AvgIpc) is 3.32. The number of thiazole rings is 1. The lowest BCUT2D eigenvalue weighted by atomic mass is 10.2. The number of aromatic nitrogens is 1. The highest BCUT2D eigenvalue weighted by molar-refractivity contribution is 7.19. The number of rotatable bonds is 13. The van der Waals surface area contributed by atoms with Gasteiger partial charge in [-0.2, -0.15) is 5.26 Å². The van der Waals surface area contributed by atoms with Gasteiger partial charge >= 0.3 is 0 Å². The molecule has 1 heterocycles. The summed E-state index contributed by atoms with van der Waals surface area (Å²) in [6.45, 7) is 1.61. The summed E-state index contributed by atoms with van der Waals surface area (Å²) in [5.41, 5.74) is 11.1. The highest BCUT2D eigenvalue weighted by atomic mass is 32.1. The van der Waals surface area contributed by atoms with Crippen molar-refractivity contribution in [2.75, 3.05) is 45.3 Å². The summed E-state index contributed by atoms with van der Waals surface area (Å²) in [5, 5.41) is 28.3. The monoisotopic (exact) mass is 563 g/mol. The first kappa shape index (κ1) is 32.7. The summed E-state index contributed by atoms with van der Waals surface area (Å²) < 4.78 is 5.36. The van der Waals surface area contributed by atoms with E-state index in [0.29, 0.717) is 16.2 Å². The van der Waals surface area contributed by atoms with Gasteiger partial charge in [-0.05, 0) is 24.6 Å². The van der Waals surface area contributed by atoms with Crippen LogP contribution in [0.1, 0.15) is 24.8 Å². The Morgan fingerprint density at radius 1 is 1.21 bits per heavy atom. The van der Waals surface area contributed by atoms with E-state index >= 15 is 0 Å². The lowest BCUT2D eigenvalue weighted by molar-refractivity contribution is -0.131. The van der Waals surface area contributed by atoms with Crippen LogP contribution in [-0.4, -0.2) is 85.7 Å². The number of nitriles is 1. The number of nitrogens with one attached hydrogen (secondary N) is 4. The first-order valence-electron chi connectivity index (χ1n) is 11.7. The second-order valence-corrected chi connectivity index (χ2v) is 8.75. The Hall–Kier alpha value is -4.33. The van der Waals surface area contributed by atoms with Crippen molar-refractivity contribution in [2.24, 2.45) is 16.5 Å². The van der Waals surface area contributed by atoms with Crippen LogP contribution in [0.5, 0.6) is 0 Å². The van der Waals surface area contributed by atoms with E-state index < -0.39 is 30.4 Å². The van der Waals surface area contributed by atoms with Gasteiger partial charge in [-0.15, -0.1) is 11.3 Å². The van der Waals surface area contributed by atoms with Crippen LogP contribution in [0.25, 0.3) is 10.2 Å². The molecule has 0 aliphatic heterocycles. The fourth-order valence-electron chi connectivity index (χ4n) is 2.75. The fourth-order valence-corrected chi connectivity index (χ4v) is 3.55. The first-order valence-corrected chi connectivity index (χ1v) is 12.5. The van der Waals surface area contributed by atoms with Crippen molar-refractivity contribution in [3.8, 4) is 6.07 Å². The summed E-state index contributed by atoms with van der Waals surface area (Å²) in [4.78, 5) is 55.2. The number of ether oxygens (including phenoxy) is 1. The van der Waals surface area contributed by atoms with Gasteiger partial charge in [0.15, 0.2) is 11.0 Å². The molecule has 39 heavy (non-hydrogen) atoms. The zero-order chi connectivity index (χ0) is 29.2. The Bertz CT molecular complexity index is 1190. The number of nitrogens with two attached hydrogens (primary N) is 2.